The highest BCUT2D eigenvalue weighted by Gasteiger charge is 2.17. The molecule has 4 rings (SSSR count). The molecule has 1 unspecified atom stereocenters. The predicted octanol–water partition coefficient (Wildman–Crippen LogP) is 5.73. The minimum Gasteiger partial charge on any atom is -0.306 e. The third-order valence-corrected chi connectivity index (χ3v) is 5.94. The summed E-state index contributed by atoms with van der Waals surface area (Å²) in [7, 11) is 0. The van der Waals surface area contributed by atoms with Crippen molar-refractivity contribution < 1.29 is 13.2 Å². The van der Waals surface area contributed by atoms with E-state index >= 15 is 0 Å². The van der Waals surface area contributed by atoms with Crippen molar-refractivity contribution in [3.63, 3.8) is 0 Å². The lowest BCUT2D eigenvalue weighted by Crippen LogP contribution is -2.23. The van der Waals surface area contributed by atoms with Gasteiger partial charge in [-0.05, 0) is 47.0 Å². The van der Waals surface area contributed by atoms with Crippen LogP contribution < -0.4 is 5.56 Å². The second kappa shape index (κ2) is 9.34. The van der Waals surface area contributed by atoms with E-state index < -0.39 is 22.5 Å². The fourth-order valence-corrected chi connectivity index (χ4v) is 4.07. The Hall–Kier alpha value is -2.84. The molecule has 1 heterocycles. The molecule has 4 aromatic rings. The highest BCUT2D eigenvalue weighted by atomic mass is 35.5. The molecule has 0 aliphatic carbocycles. The zero-order valence-corrected chi connectivity index (χ0v) is 18.7. The molecule has 32 heavy (non-hydrogen) atoms. The van der Waals surface area contributed by atoms with Gasteiger partial charge in [0, 0.05) is 10.6 Å². The summed E-state index contributed by atoms with van der Waals surface area (Å²) in [5.41, 5.74) is 2.85. The number of hydrogen-bond donors (Lipinski definition) is 1. The quantitative estimate of drug-likeness (QED) is 0.364. The highest BCUT2D eigenvalue weighted by molar-refractivity contribution is 7.78. The molecule has 5 nitrogen and oxygen atoms in total. The number of aromatic nitrogens is 2. The van der Waals surface area contributed by atoms with Crippen LogP contribution in [0, 0.1) is 5.82 Å². The third-order valence-electron chi connectivity index (χ3n) is 4.81. The Labute approximate surface area is 195 Å². The van der Waals surface area contributed by atoms with Crippen LogP contribution in [0.15, 0.2) is 77.7 Å². The molecular weight excluding hydrogens is 474 g/mol. The Bertz CT molecular complexity index is 1370. The van der Waals surface area contributed by atoms with Crippen LogP contribution in [-0.4, -0.2) is 18.5 Å². The number of nitrogens with zero attached hydrogens (tertiary/aromatic N) is 2. The SMILES string of the molecule is O=c1c(-c2ccc(Cl)cc2)c(-c2ccc(CS(=O)O)cc2)cnn1-c1ccc(F)c(Cl)c1. The van der Waals surface area contributed by atoms with Crippen molar-refractivity contribution in [2.75, 3.05) is 0 Å². The lowest BCUT2D eigenvalue weighted by molar-refractivity contribution is 0.563. The topological polar surface area (TPSA) is 72.2 Å². The van der Waals surface area contributed by atoms with Crippen molar-refractivity contribution in [1.82, 2.24) is 9.78 Å². The second-order valence-corrected chi connectivity index (χ2v) is 8.69. The predicted molar refractivity (Wildman–Crippen MR) is 125 cm³/mol. The third kappa shape index (κ3) is 4.66. The summed E-state index contributed by atoms with van der Waals surface area (Å²) in [5.74, 6) is -0.586. The van der Waals surface area contributed by atoms with E-state index in [2.05, 4.69) is 5.10 Å². The summed E-state index contributed by atoms with van der Waals surface area (Å²) in [5, 5.41) is 4.68. The fourth-order valence-electron chi connectivity index (χ4n) is 3.29. The molecule has 1 atom stereocenters. The van der Waals surface area contributed by atoms with Crippen LogP contribution in [0.3, 0.4) is 0 Å². The van der Waals surface area contributed by atoms with Crippen molar-refractivity contribution >= 4 is 34.3 Å². The summed E-state index contributed by atoms with van der Waals surface area (Å²) < 4.78 is 34.9. The number of hydrogen-bond acceptors (Lipinski definition) is 3. The van der Waals surface area contributed by atoms with Crippen molar-refractivity contribution in [2.45, 2.75) is 5.75 Å². The second-order valence-electron chi connectivity index (χ2n) is 6.92. The van der Waals surface area contributed by atoms with Crippen LogP contribution in [0.5, 0.6) is 0 Å². The maximum Gasteiger partial charge on any atom is 0.279 e. The molecule has 0 aliphatic heterocycles. The standard InChI is InChI=1S/C23H15Cl2FN2O3S/c24-17-7-5-16(6-8-17)22-19(15-3-1-14(2-4-15)13-32(30)31)12-27-28(23(22)29)18-9-10-21(26)20(25)11-18/h1-12H,13H2,(H,30,31). The van der Waals surface area contributed by atoms with Crippen molar-refractivity contribution in [1.29, 1.82) is 0 Å². The largest absolute Gasteiger partial charge is 0.306 e. The van der Waals surface area contributed by atoms with Gasteiger partial charge in [0.15, 0.2) is 11.1 Å². The van der Waals surface area contributed by atoms with E-state index in [0.717, 1.165) is 4.68 Å². The van der Waals surface area contributed by atoms with Crippen LogP contribution in [0.4, 0.5) is 4.39 Å². The van der Waals surface area contributed by atoms with Crippen LogP contribution in [0.25, 0.3) is 27.9 Å². The molecule has 1 N–H and O–H groups in total. The van der Waals surface area contributed by atoms with Gasteiger partial charge in [0.2, 0.25) is 0 Å². The summed E-state index contributed by atoms with van der Waals surface area (Å²) in [6.07, 6.45) is 1.54. The van der Waals surface area contributed by atoms with Gasteiger partial charge in [0.1, 0.15) is 5.82 Å². The van der Waals surface area contributed by atoms with Crippen molar-refractivity contribution in [2.24, 2.45) is 0 Å². The van der Waals surface area contributed by atoms with E-state index in [-0.39, 0.29) is 10.8 Å². The van der Waals surface area contributed by atoms with Gasteiger partial charge < -0.3 is 4.55 Å². The number of benzene rings is 3. The van der Waals surface area contributed by atoms with E-state index in [1.54, 1.807) is 54.7 Å². The van der Waals surface area contributed by atoms with Gasteiger partial charge in [0.25, 0.3) is 5.56 Å². The zero-order valence-electron chi connectivity index (χ0n) is 16.3. The molecule has 0 fully saturated rings. The number of rotatable bonds is 5. The molecule has 0 saturated heterocycles. The monoisotopic (exact) mass is 488 g/mol. The average Bonchev–Trinajstić information content (AvgIpc) is 2.76. The van der Waals surface area contributed by atoms with Crippen molar-refractivity contribution in [3.8, 4) is 27.9 Å². The van der Waals surface area contributed by atoms with Gasteiger partial charge in [-0.3, -0.25) is 4.79 Å². The summed E-state index contributed by atoms with van der Waals surface area (Å²) >= 11 is 9.97. The molecule has 0 radical (unpaired) electrons. The van der Waals surface area contributed by atoms with Crippen LogP contribution in [0.2, 0.25) is 10.0 Å². The maximum atomic E-state index is 13.6. The van der Waals surface area contributed by atoms with E-state index in [9.17, 15) is 13.4 Å². The molecule has 9 heteroatoms. The zero-order chi connectivity index (χ0) is 22.8. The summed E-state index contributed by atoms with van der Waals surface area (Å²) in [6.45, 7) is 0. The Morgan fingerprint density at radius 1 is 0.969 bits per heavy atom. The van der Waals surface area contributed by atoms with E-state index in [0.29, 0.717) is 38.5 Å². The first kappa shape index (κ1) is 22.4. The van der Waals surface area contributed by atoms with E-state index in [4.69, 9.17) is 27.8 Å². The Morgan fingerprint density at radius 3 is 2.25 bits per heavy atom. The maximum absolute atomic E-state index is 13.6. The average molecular weight is 489 g/mol. The first-order chi connectivity index (χ1) is 15.3. The molecule has 0 bridgehead atoms. The summed E-state index contributed by atoms with van der Waals surface area (Å²) in [4.78, 5) is 13.5. The first-order valence-corrected chi connectivity index (χ1v) is 11.4. The summed E-state index contributed by atoms with van der Waals surface area (Å²) in [6, 6.07) is 17.7. The van der Waals surface area contributed by atoms with Gasteiger partial charge in [-0.1, -0.05) is 59.6 Å². The van der Waals surface area contributed by atoms with Crippen molar-refractivity contribution in [3.05, 3.63) is 105 Å². The van der Waals surface area contributed by atoms with E-state index in [1.807, 2.05) is 0 Å². The van der Waals surface area contributed by atoms with Gasteiger partial charge in [-0.2, -0.15) is 9.78 Å². The highest BCUT2D eigenvalue weighted by Crippen LogP contribution is 2.30. The van der Waals surface area contributed by atoms with Gasteiger partial charge in [-0.15, -0.1) is 0 Å². The Morgan fingerprint density at radius 2 is 1.62 bits per heavy atom. The molecule has 0 amide bonds. The van der Waals surface area contributed by atoms with Gasteiger partial charge >= 0.3 is 0 Å². The smallest absolute Gasteiger partial charge is 0.279 e. The minimum atomic E-state index is -1.95. The normalized spacial score (nSPS) is 12.0. The molecule has 162 valence electrons. The van der Waals surface area contributed by atoms with Crippen LogP contribution in [-0.2, 0) is 16.8 Å². The first-order valence-electron chi connectivity index (χ1n) is 9.34. The lowest BCUT2D eigenvalue weighted by atomic mass is 9.96. The van der Waals surface area contributed by atoms with Crippen LogP contribution >= 0.6 is 23.2 Å². The molecule has 3 aromatic carbocycles. The van der Waals surface area contributed by atoms with Gasteiger partial charge in [-0.25, -0.2) is 8.60 Å². The van der Waals surface area contributed by atoms with Gasteiger partial charge in [0.05, 0.1) is 28.2 Å². The molecule has 0 saturated carbocycles. The fraction of sp³-hybridized carbons (Fsp3) is 0.0435. The Kier molecular flexibility index (Phi) is 6.53. The molecular formula is C23H15Cl2FN2O3S. The Balaban J connectivity index is 1.91. The molecule has 1 aromatic heterocycles. The number of halogens is 3. The molecule has 0 spiro atoms. The lowest BCUT2D eigenvalue weighted by Gasteiger charge is -2.13. The van der Waals surface area contributed by atoms with E-state index in [1.165, 1.54) is 18.2 Å². The van der Waals surface area contributed by atoms with Crippen LogP contribution in [0.1, 0.15) is 5.56 Å². The molecule has 0 aliphatic rings. The minimum absolute atomic E-state index is 0.00942.